The summed E-state index contributed by atoms with van der Waals surface area (Å²) >= 11 is 5.81. The van der Waals surface area contributed by atoms with E-state index in [1.165, 1.54) is 25.3 Å². The lowest BCUT2D eigenvalue weighted by molar-refractivity contribution is 0.415. The molecule has 1 aromatic rings. The number of nitrogens with one attached hydrogen (secondary N) is 1. The Morgan fingerprint density at radius 2 is 2.25 bits per heavy atom. The topological polar surface area (TPSA) is 79.2 Å². The zero-order valence-corrected chi connectivity index (χ0v) is 9.97. The molecule has 5 nitrogen and oxygen atoms in total. The second-order valence-corrected chi connectivity index (χ2v) is 5.00. The number of hydrogen-bond donors (Lipinski definition) is 1. The average Bonchev–Trinajstić information content (AvgIpc) is 2.17. The van der Waals surface area contributed by atoms with Gasteiger partial charge in [-0.3, -0.25) is 4.72 Å². The van der Waals surface area contributed by atoms with Crippen molar-refractivity contribution in [2.75, 3.05) is 17.6 Å². The zero-order chi connectivity index (χ0) is 12.2. The molecule has 0 aromatic heterocycles. The van der Waals surface area contributed by atoms with Crippen molar-refractivity contribution in [2.24, 2.45) is 0 Å². The fourth-order valence-corrected chi connectivity index (χ4v) is 2.02. The molecule has 0 saturated heterocycles. The largest absolute Gasteiger partial charge is 0.495 e. The number of halogens is 1. The molecule has 0 fully saturated rings. The first-order chi connectivity index (χ1) is 7.48. The van der Waals surface area contributed by atoms with E-state index in [4.69, 9.17) is 21.6 Å². The van der Waals surface area contributed by atoms with Crippen molar-refractivity contribution in [2.45, 2.75) is 0 Å². The molecule has 1 aromatic carbocycles. The molecule has 86 valence electrons. The molecule has 7 heteroatoms. The summed E-state index contributed by atoms with van der Waals surface area (Å²) in [6, 6.07) is 6.00. The zero-order valence-electron chi connectivity index (χ0n) is 8.40. The Kier molecular flexibility index (Phi) is 3.99. The molecule has 0 saturated carbocycles. The van der Waals surface area contributed by atoms with Crippen LogP contribution in [0.5, 0.6) is 5.75 Å². The van der Waals surface area contributed by atoms with E-state index in [1.54, 1.807) is 6.07 Å². The number of ether oxygens (including phenoxy) is 1. The Morgan fingerprint density at radius 1 is 1.56 bits per heavy atom. The minimum Gasteiger partial charge on any atom is -0.495 e. The molecular formula is C9H9ClN2O3S. The van der Waals surface area contributed by atoms with Gasteiger partial charge in [-0.25, -0.2) is 8.42 Å². The van der Waals surface area contributed by atoms with Gasteiger partial charge in [-0.1, -0.05) is 11.6 Å². The first kappa shape index (κ1) is 12.6. The van der Waals surface area contributed by atoms with Gasteiger partial charge >= 0.3 is 0 Å². The lowest BCUT2D eigenvalue weighted by Crippen LogP contribution is -2.15. The van der Waals surface area contributed by atoms with Gasteiger partial charge in [-0.15, -0.1) is 0 Å². The van der Waals surface area contributed by atoms with Crippen LogP contribution in [0.1, 0.15) is 0 Å². The monoisotopic (exact) mass is 260 g/mol. The van der Waals surface area contributed by atoms with Crippen molar-refractivity contribution in [3.05, 3.63) is 23.2 Å². The number of nitriles is 1. The third-order valence-electron chi connectivity index (χ3n) is 1.68. The summed E-state index contributed by atoms with van der Waals surface area (Å²) in [5.74, 6) is -0.152. The van der Waals surface area contributed by atoms with Gasteiger partial charge in [-0.05, 0) is 18.2 Å². The van der Waals surface area contributed by atoms with E-state index in [0.717, 1.165) is 0 Å². The number of anilines is 1. The predicted octanol–water partition coefficient (Wildman–Crippen LogP) is 1.61. The molecule has 0 unspecified atom stereocenters. The van der Waals surface area contributed by atoms with Crippen LogP contribution >= 0.6 is 11.6 Å². The van der Waals surface area contributed by atoms with Crippen LogP contribution in [0, 0.1) is 11.3 Å². The number of methoxy groups -OCH3 is 1. The molecule has 0 bridgehead atoms. The van der Waals surface area contributed by atoms with Crippen molar-refractivity contribution < 1.29 is 13.2 Å². The van der Waals surface area contributed by atoms with Crippen molar-refractivity contribution >= 4 is 27.3 Å². The maximum atomic E-state index is 11.3. The van der Waals surface area contributed by atoms with E-state index >= 15 is 0 Å². The number of benzene rings is 1. The Balaban J connectivity index is 2.92. The van der Waals surface area contributed by atoms with Crippen LogP contribution in [-0.4, -0.2) is 21.3 Å². The summed E-state index contributed by atoms with van der Waals surface area (Å²) in [7, 11) is -2.17. The summed E-state index contributed by atoms with van der Waals surface area (Å²) in [5, 5.41) is 8.59. The van der Waals surface area contributed by atoms with Gasteiger partial charge in [-0.2, -0.15) is 5.26 Å². The second-order valence-electron chi connectivity index (χ2n) is 2.87. The molecular weight excluding hydrogens is 252 g/mol. The normalized spacial score (nSPS) is 10.6. The second kappa shape index (κ2) is 5.05. The van der Waals surface area contributed by atoms with Gasteiger partial charge in [0.05, 0.1) is 23.9 Å². The molecule has 0 aliphatic heterocycles. The van der Waals surface area contributed by atoms with E-state index in [2.05, 4.69) is 4.72 Å². The number of hydrogen-bond acceptors (Lipinski definition) is 4. The molecule has 0 amide bonds. The molecule has 0 radical (unpaired) electrons. The molecule has 0 aliphatic carbocycles. The third kappa shape index (κ3) is 3.29. The summed E-state index contributed by atoms with van der Waals surface area (Å²) < 4.78 is 29.7. The average molecular weight is 261 g/mol. The highest BCUT2D eigenvalue weighted by Crippen LogP contribution is 2.27. The van der Waals surface area contributed by atoms with Crippen LogP contribution in [0.4, 0.5) is 5.69 Å². The van der Waals surface area contributed by atoms with Gasteiger partial charge in [0.25, 0.3) is 0 Å². The minimum atomic E-state index is -3.63. The van der Waals surface area contributed by atoms with E-state index in [9.17, 15) is 8.42 Å². The van der Waals surface area contributed by atoms with E-state index in [1.807, 2.05) is 0 Å². The Hall–Kier alpha value is -1.45. The van der Waals surface area contributed by atoms with E-state index in [0.29, 0.717) is 16.5 Å². The highest BCUT2D eigenvalue weighted by molar-refractivity contribution is 7.92. The SMILES string of the molecule is COc1ccc(NS(=O)(=O)CC#N)cc1Cl. The molecule has 0 atom stereocenters. The molecule has 1 rings (SSSR count). The molecule has 0 heterocycles. The molecule has 1 N–H and O–H groups in total. The van der Waals surface area contributed by atoms with Gasteiger partial charge in [0.2, 0.25) is 10.0 Å². The third-order valence-corrected chi connectivity index (χ3v) is 3.03. The number of nitrogens with zero attached hydrogens (tertiary/aromatic N) is 1. The van der Waals surface area contributed by atoms with E-state index < -0.39 is 15.8 Å². The van der Waals surface area contributed by atoms with Crippen LogP contribution in [0.3, 0.4) is 0 Å². The van der Waals surface area contributed by atoms with Crippen LogP contribution in [-0.2, 0) is 10.0 Å². The Labute approximate surface area is 98.6 Å². The molecule has 0 spiro atoms. The summed E-state index contributed by atoms with van der Waals surface area (Å²) in [4.78, 5) is 0. The smallest absolute Gasteiger partial charge is 0.246 e. The van der Waals surface area contributed by atoms with Crippen molar-refractivity contribution in [3.8, 4) is 11.8 Å². The van der Waals surface area contributed by atoms with Gasteiger partial charge in [0.15, 0.2) is 5.75 Å². The van der Waals surface area contributed by atoms with Gasteiger partial charge in [0, 0.05) is 0 Å². The first-order valence-corrected chi connectivity index (χ1v) is 6.22. The highest BCUT2D eigenvalue weighted by atomic mass is 35.5. The lowest BCUT2D eigenvalue weighted by Gasteiger charge is -2.07. The fourth-order valence-electron chi connectivity index (χ4n) is 1.03. The van der Waals surface area contributed by atoms with Crippen molar-refractivity contribution in [1.82, 2.24) is 0 Å². The van der Waals surface area contributed by atoms with Crippen LogP contribution in [0.15, 0.2) is 18.2 Å². The van der Waals surface area contributed by atoms with Crippen molar-refractivity contribution in [1.29, 1.82) is 5.26 Å². The molecule has 0 aliphatic rings. The van der Waals surface area contributed by atoms with Crippen LogP contribution < -0.4 is 9.46 Å². The maximum Gasteiger partial charge on any atom is 0.246 e. The summed E-state index contributed by atoms with van der Waals surface area (Å²) in [6.45, 7) is 0. The van der Waals surface area contributed by atoms with E-state index in [-0.39, 0.29) is 0 Å². The van der Waals surface area contributed by atoms with Crippen LogP contribution in [0.25, 0.3) is 0 Å². The maximum absolute atomic E-state index is 11.3. The summed E-state index contributed by atoms with van der Waals surface area (Å²) in [6.07, 6.45) is 0. The fraction of sp³-hybridized carbons (Fsp3) is 0.222. The molecule has 16 heavy (non-hydrogen) atoms. The van der Waals surface area contributed by atoms with Gasteiger partial charge < -0.3 is 4.74 Å². The first-order valence-electron chi connectivity index (χ1n) is 4.19. The highest BCUT2D eigenvalue weighted by Gasteiger charge is 2.10. The number of sulfonamides is 1. The Bertz CT molecular complexity index is 522. The standard InChI is InChI=1S/C9H9ClN2O3S/c1-15-9-3-2-7(6-8(9)10)12-16(13,14)5-4-11/h2-3,6,12H,5H2,1H3. The van der Waals surface area contributed by atoms with Gasteiger partial charge in [0.1, 0.15) is 5.75 Å². The lowest BCUT2D eigenvalue weighted by atomic mass is 10.3. The number of rotatable bonds is 4. The Morgan fingerprint density at radius 3 is 2.75 bits per heavy atom. The predicted molar refractivity (Wildman–Crippen MR) is 61.0 cm³/mol. The minimum absolute atomic E-state index is 0.291. The quantitative estimate of drug-likeness (QED) is 0.892. The van der Waals surface area contributed by atoms with Crippen LogP contribution in [0.2, 0.25) is 5.02 Å². The summed E-state index contributed by atoms with van der Waals surface area (Å²) in [5.41, 5.74) is 0.293. The van der Waals surface area contributed by atoms with Crippen molar-refractivity contribution in [3.63, 3.8) is 0 Å².